The monoisotopic (exact) mass is 390 g/mol. The molecule has 6 nitrogen and oxygen atoms in total. The SMILES string of the molecule is CNC[C@@H]1CCN(C(=O)c2cn(-c3ccccc3)nc2-c2cccc(OC)c2)C1. The Bertz CT molecular complexity index is 984. The molecule has 1 amide bonds. The summed E-state index contributed by atoms with van der Waals surface area (Å²) >= 11 is 0. The number of aromatic nitrogens is 2. The summed E-state index contributed by atoms with van der Waals surface area (Å²) in [4.78, 5) is 15.4. The topological polar surface area (TPSA) is 59.4 Å². The van der Waals surface area contributed by atoms with Crippen molar-refractivity contribution < 1.29 is 9.53 Å². The first kappa shape index (κ1) is 19.2. The Morgan fingerprint density at radius 2 is 2.03 bits per heavy atom. The Morgan fingerprint density at radius 1 is 1.21 bits per heavy atom. The van der Waals surface area contributed by atoms with Crippen LogP contribution in [0.15, 0.2) is 60.8 Å². The number of rotatable bonds is 6. The highest BCUT2D eigenvalue weighted by molar-refractivity contribution is 6.00. The maximum Gasteiger partial charge on any atom is 0.257 e. The molecule has 4 rings (SSSR count). The molecular formula is C23H26N4O2. The largest absolute Gasteiger partial charge is 0.497 e. The molecule has 2 heterocycles. The molecule has 1 aliphatic heterocycles. The zero-order valence-electron chi connectivity index (χ0n) is 16.8. The van der Waals surface area contributed by atoms with Crippen molar-refractivity contribution in [1.29, 1.82) is 0 Å². The van der Waals surface area contributed by atoms with Gasteiger partial charge in [-0.05, 0) is 50.2 Å². The standard InChI is InChI=1S/C23H26N4O2/c1-24-14-17-11-12-26(15-17)23(28)21-16-27(19-8-4-3-5-9-19)25-22(21)18-7-6-10-20(13-18)29-2/h3-10,13,16-17,24H,11-12,14-15H2,1-2H3/t17-/m0/s1. The van der Waals surface area contributed by atoms with Crippen LogP contribution in [0.2, 0.25) is 0 Å². The second-order valence-corrected chi connectivity index (χ2v) is 7.37. The van der Waals surface area contributed by atoms with Gasteiger partial charge in [-0.1, -0.05) is 30.3 Å². The van der Waals surface area contributed by atoms with Crippen molar-refractivity contribution in [2.75, 3.05) is 33.8 Å². The normalized spacial score (nSPS) is 16.2. The van der Waals surface area contributed by atoms with Crippen LogP contribution in [0.5, 0.6) is 5.75 Å². The Morgan fingerprint density at radius 3 is 2.79 bits per heavy atom. The molecule has 1 fully saturated rings. The molecule has 1 aromatic heterocycles. The van der Waals surface area contributed by atoms with Gasteiger partial charge >= 0.3 is 0 Å². The summed E-state index contributed by atoms with van der Waals surface area (Å²) in [7, 11) is 3.59. The molecule has 1 N–H and O–H groups in total. The zero-order chi connectivity index (χ0) is 20.2. The van der Waals surface area contributed by atoms with Crippen LogP contribution in [0.3, 0.4) is 0 Å². The van der Waals surface area contributed by atoms with Crippen molar-refractivity contribution in [1.82, 2.24) is 20.0 Å². The van der Waals surface area contributed by atoms with Crippen molar-refractivity contribution in [3.8, 4) is 22.7 Å². The van der Waals surface area contributed by atoms with Crippen LogP contribution in [0.25, 0.3) is 16.9 Å². The van der Waals surface area contributed by atoms with Crippen molar-refractivity contribution in [3.05, 3.63) is 66.4 Å². The lowest BCUT2D eigenvalue weighted by atomic mass is 10.1. The molecule has 1 atom stereocenters. The number of likely N-dealkylation sites (tertiary alicyclic amines) is 1. The fourth-order valence-corrected chi connectivity index (χ4v) is 3.87. The molecule has 0 bridgehead atoms. The van der Waals surface area contributed by atoms with Crippen LogP contribution in [-0.2, 0) is 0 Å². The number of carbonyl (C=O) groups excluding carboxylic acids is 1. The molecule has 0 spiro atoms. The lowest BCUT2D eigenvalue weighted by molar-refractivity contribution is 0.0788. The number of nitrogens with zero attached hydrogens (tertiary/aromatic N) is 3. The molecule has 29 heavy (non-hydrogen) atoms. The van der Waals surface area contributed by atoms with Crippen LogP contribution in [0, 0.1) is 5.92 Å². The average molecular weight is 390 g/mol. The number of methoxy groups -OCH3 is 1. The van der Waals surface area contributed by atoms with Crippen LogP contribution >= 0.6 is 0 Å². The zero-order valence-corrected chi connectivity index (χ0v) is 16.8. The van der Waals surface area contributed by atoms with Crippen molar-refractivity contribution in [3.63, 3.8) is 0 Å². The van der Waals surface area contributed by atoms with E-state index in [9.17, 15) is 4.79 Å². The first-order chi connectivity index (χ1) is 14.2. The minimum atomic E-state index is 0.0311. The number of amides is 1. The van der Waals surface area contributed by atoms with E-state index in [-0.39, 0.29) is 5.91 Å². The van der Waals surface area contributed by atoms with Gasteiger partial charge in [-0.15, -0.1) is 0 Å². The fraction of sp³-hybridized carbons (Fsp3) is 0.304. The highest BCUT2D eigenvalue weighted by Gasteiger charge is 2.29. The second kappa shape index (κ2) is 8.49. The van der Waals surface area contributed by atoms with E-state index in [1.165, 1.54) is 0 Å². The van der Waals surface area contributed by atoms with E-state index in [1.54, 1.807) is 11.8 Å². The molecule has 6 heteroatoms. The van der Waals surface area contributed by atoms with Crippen LogP contribution in [0.4, 0.5) is 0 Å². The summed E-state index contributed by atoms with van der Waals surface area (Å²) in [5.41, 5.74) is 3.08. The third-order valence-electron chi connectivity index (χ3n) is 5.37. The Hall–Kier alpha value is -3.12. The van der Waals surface area contributed by atoms with Crippen LogP contribution < -0.4 is 10.1 Å². The van der Waals surface area contributed by atoms with Gasteiger partial charge in [-0.3, -0.25) is 4.79 Å². The number of benzene rings is 2. The lowest BCUT2D eigenvalue weighted by Gasteiger charge is -2.16. The molecule has 0 unspecified atom stereocenters. The third kappa shape index (κ3) is 4.03. The number of para-hydroxylation sites is 1. The molecule has 2 aromatic carbocycles. The van der Waals surface area contributed by atoms with E-state index in [1.807, 2.05) is 72.7 Å². The molecule has 1 aliphatic rings. The second-order valence-electron chi connectivity index (χ2n) is 7.37. The number of hydrogen-bond acceptors (Lipinski definition) is 4. The Labute approximate surface area is 171 Å². The van der Waals surface area contributed by atoms with Gasteiger partial charge in [-0.2, -0.15) is 5.10 Å². The average Bonchev–Trinajstić information content (AvgIpc) is 3.42. The van der Waals surface area contributed by atoms with E-state index in [2.05, 4.69) is 5.32 Å². The van der Waals surface area contributed by atoms with Gasteiger partial charge in [0.1, 0.15) is 11.4 Å². The minimum absolute atomic E-state index is 0.0311. The summed E-state index contributed by atoms with van der Waals surface area (Å²) in [6.45, 7) is 2.47. The first-order valence-corrected chi connectivity index (χ1v) is 9.93. The summed E-state index contributed by atoms with van der Waals surface area (Å²) in [5, 5.41) is 7.99. The Balaban J connectivity index is 1.73. The van der Waals surface area contributed by atoms with Gasteiger partial charge in [0, 0.05) is 24.8 Å². The maximum absolute atomic E-state index is 13.4. The van der Waals surface area contributed by atoms with Crippen LogP contribution in [-0.4, -0.2) is 54.4 Å². The van der Waals surface area contributed by atoms with E-state index in [4.69, 9.17) is 9.84 Å². The summed E-state index contributed by atoms with van der Waals surface area (Å²) in [5.74, 6) is 1.27. The smallest absolute Gasteiger partial charge is 0.257 e. The van der Waals surface area contributed by atoms with Gasteiger partial charge in [0.05, 0.1) is 18.4 Å². The summed E-state index contributed by atoms with van der Waals surface area (Å²) < 4.78 is 7.15. The Kier molecular flexibility index (Phi) is 5.62. The fourth-order valence-electron chi connectivity index (χ4n) is 3.87. The van der Waals surface area contributed by atoms with Gasteiger partial charge in [0.15, 0.2) is 0 Å². The molecular weight excluding hydrogens is 364 g/mol. The minimum Gasteiger partial charge on any atom is -0.497 e. The van der Waals surface area contributed by atoms with Crippen molar-refractivity contribution >= 4 is 5.91 Å². The molecule has 1 saturated heterocycles. The number of hydrogen-bond donors (Lipinski definition) is 1. The predicted molar refractivity (Wildman–Crippen MR) is 113 cm³/mol. The molecule has 0 radical (unpaired) electrons. The predicted octanol–water partition coefficient (Wildman–Crippen LogP) is 3.23. The molecule has 150 valence electrons. The van der Waals surface area contributed by atoms with E-state index >= 15 is 0 Å². The highest BCUT2D eigenvalue weighted by atomic mass is 16.5. The molecule has 3 aromatic rings. The maximum atomic E-state index is 13.4. The quantitative estimate of drug-likeness (QED) is 0.702. The van der Waals surface area contributed by atoms with Crippen molar-refractivity contribution in [2.45, 2.75) is 6.42 Å². The van der Waals surface area contributed by atoms with E-state index in [0.717, 1.165) is 43.1 Å². The number of nitrogens with one attached hydrogen (secondary N) is 1. The van der Waals surface area contributed by atoms with E-state index in [0.29, 0.717) is 17.2 Å². The number of carbonyl (C=O) groups is 1. The van der Waals surface area contributed by atoms with Gasteiger partial charge in [0.2, 0.25) is 0 Å². The third-order valence-corrected chi connectivity index (χ3v) is 5.37. The molecule has 0 aliphatic carbocycles. The number of ether oxygens (including phenoxy) is 1. The van der Waals surface area contributed by atoms with E-state index < -0.39 is 0 Å². The highest BCUT2D eigenvalue weighted by Crippen LogP contribution is 2.29. The van der Waals surface area contributed by atoms with Crippen LogP contribution in [0.1, 0.15) is 16.8 Å². The van der Waals surface area contributed by atoms with Crippen molar-refractivity contribution in [2.24, 2.45) is 5.92 Å². The van der Waals surface area contributed by atoms with Gasteiger partial charge < -0.3 is 15.0 Å². The summed E-state index contributed by atoms with van der Waals surface area (Å²) in [6, 6.07) is 17.6. The molecule has 0 saturated carbocycles. The summed E-state index contributed by atoms with van der Waals surface area (Å²) in [6.07, 6.45) is 2.87. The lowest BCUT2D eigenvalue weighted by Crippen LogP contribution is -2.30. The first-order valence-electron chi connectivity index (χ1n) is 9.93. The van der Waals surface area contributed by atoms with Gasteiger partial charge in [0.25, 0.3) is 5.91 Å². The van der Waals surface area contributed by atoms with Gasteiger partial charge in [-0.25, -0.2) is 4.68 Å².